The number of allylic oxidation sites excluding steroid dienone is 6. The normalized spacial score (nSPS) is 42.2. The largest absolute Gasteiger partial charge is 0.511 e. The molecule has 16 heteroatoms. The molecule has 3 aliphatic heterocycles. The zero-order chi connectivity index (χ0) is 51.2. The molecule has 14 nitrogen and oxygen atoms in total. The molecule has 0 radical (unpaired) electrons. The predicted octanol–water partition coefficient (Wildman–Crippen LogP) is 6.14. The quantitative estimate of drug-likeness (QED) is 0.107. The molecule has 15 atom stereocenters. The lowest BCUT2D eigenvalue weighted by atomic mass is 9.46. The van der Waals surface area contributed by atoms with Crippen molar-refractivity contribution in [2.75, 3.05) is 25.6 Å². The van der Waals surface area contributed by atoms with E-state index in [0.29, 0.717) is 42.8 Å². The molecule has 1 saturated heterocycles. The fraction of sp³-hybridized carbons (Fsp3) is 0.603. The Kier molecular flexibility index (Phi) is 11.9. The topological polar surface area (TPSA) is 235 Å². The van der Waals surface area contributed by atoms with E-state index in [2.05, 4.69) is 16.7 Å². The number of benzene rings is 2. The van der Waals surface area contributed by atoms with Crippen LogP contribution in [0.15, 0.2) is 89.0 Å². The molecule has 394 valence electrons. The summed E-state index contributed by atoms with van der Waals surface area (Å²) in [6.07, 6.45) is 11.4. The van der Waals surface area contributed by atoms with Crippen molar-refractivity contribution in [3.05, 3.63) is 111 Å². The lowest BCUT2D eigenvalue weighted by molar-refractivity contribution is -0.392. The fourth-order valence-corrected chi connectivity index (χ4v) is 21.2. The third-order valence-corrected chi connectivity index (χ3v) is 23.6. The number of carbonyl (C=O) groups is 3. The first kappa shape index (κ1) is 49.6. The smallest absolute Gasteiger partial charge is 0.229 e. The van der Waals surface area contributed by atoms with Gasteiger partial charge in [-0.1, -0.05) is 76.9 Å². The van der Waals surface area contributed by atoms with E-state index in [0.717, 1.165) is 68.3 Å². The van der Waals surface area contributed by atoms with Gasteiger partial charge in [-0.25, -0.2) is 0 Å². The Morgan fingerprint density at radius 3 is 2.53 bits per heavy atom. The second kappa shape index (κ2) is 17.8. The monoisotopic (exact) mass is 1050 g/mol. The fourth-order valence-electron chi connectivity index (χ4n) is 18.4. The van der Waals surface area contributed by atoms with Crippen molar-refractivity contribution in [3.63, 3.8) is 0 Å². The number of dihydropyridines is 1. The molecule has 9 aliphatic carbocycles. The van der Waals surface area contributed by atoms with E-state index in [9.17, 15) is 40.5 Å². The molecule has 9 N–H and O–H groups in total. The molecule has 0 unspecified atom stereocenters. The molecule has 2 aromatic carbocycles. The number of fused-ring (bicyclic) bond motifs is 2. The van der Waals surface area contributed by atoms with Crippen LogP contribution in [0.2, 0.25) is 0 Å². The highest BCUT2D eigenvalue weighted by atomic mass is 33.1. The van der Waals surface area contributed by atoms with Gasteiger partial charge in [0, 0.05) is 41.2 Å². The van der Waals surface area contributed by atoms with Crippen molar-refractivity contribution in [2.45, 2.75) is 131 Å². The Morgan fingerprint density at radius 2 is 1.74 bits per heavy atom. The number of hydrogen-bond donors (Lipinski definition) is 9. The van der Waals surface area contributed by atoms with Gasteiger partial charge in [0.2, 0.25) is 6.29 Å². The maximum atomic E-state index is 16.1. The second-order valence-electron chi connectivity index (χ2n) is 24.4. The molecule has 10 bridgehead atoms. The lowest BCUT2D eigenvalue weighted by Gasteiger charge is -2.65. The Hall–Kier alpha value is -3.97. The van der Waals surface area contributed by atoms with E-state index >= 15 is 9.59 Å². The minimum atomic E-state index is -2.33. The Balaban J connectivity index is 0.976. The number of carbonyl (C=O) groups excluding carboxylic acids is 3. The third kappa shape index (κ3) is 6.80. The SMILES string of the molecule is O=C[C@@H]1CC2(CCCC2)C[C@]12C[C@@H]1C[C@@H]3C[C@@H]4C[C@]5(CO)O[C@H]6Oc7cccc8c7C(=O)[C@@]7(C(O)=CC(Cc9cccc(CO)c9)=C[C@@H]7C8=O)[C@H](CCCO)SSCNC7=CC(=C3CN7)[C@]1(C2)[C@@H]4[C@](O)([C@@H]5O)[C@H]6O. The summed E-state index contributed by atoms with van der Waals surface area (Å²) in [5.74, 6) is -2.69. The van der Waals surface area contributed by atoms with Crippen LogP contribution in [-0.2, 0) is 22.6 Å². The number of aldehydes is 1. The van der Waals surface area contributed by atoms with Crippen molar-refractivity contribution >= 4 is 39.4 Å². The number of ether oxygens (including phenoxy) is 2. The van der Waals surface area contributed by atoms with Crippen LogP contribution in [0, 0.1) is 57.2 Å². The highest BCUT2D eigenvalue weighted by molar-refractivity contribution is 8.76. The molecule has 4 spiro atoms. The van der Waals surface area contributed by atoms with Crippen LogP contribution in [0.3, 0.4) is 0 Å². The van der Waals surface area contributed by atoms with Crippen LogP contribution >= 0.6 is 21.6 Å². The summed E-state index contributed by atoms with van der Waals surface area (Å²) in [7, 11) is 2.82. The maximum Gasteiger partial charge on any atom is 0.229 e. The first-order valence-corrected chi connectivity index (χ1v) is 29.4. The van der Waals surface area contributed by atoms with E-state index in [-0.39, 0.29) is 89.6 Å². The van der Waals surface area contributed by atoms with Gasteiger partial charge in [0.1, 0.15) is 46.6 Å². The summed E-state index contributed by atoms with van der Waals surface area (Å²) in [5, 5.41) is 91.1. The predicted molar refractivity (Wildman–Crippen MR) is 276 cm³/mol. The van der Waals surface area contributed by atoms with Gasteiger partial charge in [-0.05, 0) is 152 Å². The average Bonchev–Trinajstić information content (AvgIpc) is 4.04. The third-order valence-electron chi connectivity index (χ3n) is 21.0. The van der Waals surface area contributed by atoms with Crippen molar-refractivity contribution in [1.29, 1.82) is 0 Å². The van der Waals surface area contributed by atoms with Crippen LogP contribution in [-0.4, -0.2) is 114 Å². The van der Waals surface area contributed by atoms with Crippen LogP contribution in [0.25, 0.3) is 0 Å². The van der Waals surface area contributed by atoms with Gasteiger partial charge in [-0.15, -0.1) is 0 Å². The van der Waals surface area contributed by atoms with Gasteiger partial charge in [0.25, 0.3) is 0 Å². The first-order valence-electron chi connectivity index (χ1n) is 27.1. The number of aliphatic hydroxyl groups excluding tert-OH is 6. The van der Waals surface area contributed by atoms with Crippen molar-refractivity contribution in [3.8, 4) is 5.75 Å². The number of hydrogen-bond acceptors (Lipinski definition) is 16. The summed E-state index contributed by atoms with van der Waals surface area (Å²) >= 11 is 0. The average molecular weight is 1050 g/mol. The minimum absolute atomic E-state index is 0.0105. The molecule has 14 rings (SSSR count). The summed E-state index contributed by atoms with van der Waals surface area (Å²) in [4.78, 5) is 45.0. The zero-order valence-corrected chi connectivity index (χ0v) is 43.2. The van der Waals surface area contributed by atoms with E-state index < -0.39 is 75.8 Å². The highest BCUT2D eigenvalue weighted by Gasteiger charge is 2.79. The number of nitrogens with one attached hydrogen (secondary N) is 2. The Morgan fingerprint density at radius 1 is 0.932 bits per heavy atom. The molecular formula is C58H68N2O12S2. The van der Waals surface area contributed by atoms with E-state index in [4.69, 9.17) is 9.47 Å². The van der Waals surface area contributed by atoms with Gasteiger partial charge in [-0.3, -0.25) is 9.59 Å². The van der Waals surface area contributed by atoms with Gasteiger partial charge in [-0.2, -0.15) is 0 Å². The molecule has 74 heavy (non-hydrogen) atoms. The minimum Gasteiger partial charge on any atom is -0.511 e. The van der Waals surface area contributed by atoms with Gasteiger partial charge < -0.3 is 60.6 Å². The van der Waals surface area contributed by atoms with Gasteiger partial charge in [0.15, 0.2) is 11.6 Å². The van der Waals surface area contributed by atoms with Crippen LogP contribution in [0.5, 0.6) is 5.75 Å². The standard InChI is InChI=1S/C58H68N2O12S2/c61-13-5-10-44-57-41(16-33(17-43(57)65)15-31-6-3-7-32(14-31)25-62)47(66)38-8-4-9-42(46(38)49(57)67)71-51-50(68)58(70)48-35(21-55(29-64,72-51)52(58)69)18-34-19-36-23-54(27-53(11-1-2-12-53)22-37(54)26-63)28-56(36,48)40-20-45(59-24-39(34)40)60-30-73-74-44/h3-4,6-9,14,16-17,20,26,34-37,41,44,48,50-52,59-62,64-65,68-70H,1-2,5,10-13,15,18-19,21-25,27-30H2/t34-,35+,36-,37-,41+,44-,48+,50-,51+,52+,54-,55+,56+,57-,58+/m0/s1. The van der Waals surface area contributed by atoms with Gasteiger partial charge >= 0.3 is 0 Å². The molecule has 0 amide bonds. The van der Waals surface area contributed by atoms with Crippen LogP contribution in [0.1, 0.15) is 115 Å². The highest BCUT2D eigenvalue weighted by Crippen LogP contribution is 2.79. The second-order valence-corrected chi connectivity index (χ2v) is 26.9. The zero-order valence-electron chi connectivity index (χ0n) is 41.5. The molecule has 2 aromatic rings. The number of Topliss-reactive ketones (excluding diaryl/α,β-unsaturated/α-hetero) is 2. The Labute approximate surface area is 438 Å². The van der Waals surface area contributed by atoms with Crippen molar-refractivity contribution < 1.29 is 59.6 Å². The summed E-state index contributed by atoms with van der Waals surface area (Å²) in [6.45, 7) is -0.530. The first-order chi connectivity index (χ1) is 35.7. The van der Waals surface area contributed by atoms with Crippen LogP contribution < -0.4 is 15.4 Å². The molecule has 6 fully saturated rings. The molecule has 12 aliphatic rings. The summed E-state index contributed by atoms with van der Waals surface area (Å²) in [5.41, 5.74) is -2.66. The van der Waals surface area contributed by atoms with E-state index in [1.54, 1.807) is 24.3 Å². The molecular weight excluding hydrogens is 981 g/mol. The lowest BCUT2D eigenvalue weighted by Crippen LogP contribution is -2.81. The number of ketones is 2. The molecule has 3 heterocycles. The molecule has 0 aromatic heterocycles. The number of rotatable bonds is 8. The number of aliphatic hydroxyl groups is 7. The van der Waals surface area contributed by atoms with Gasteiger partial charge in [0.05, 0.1) is 36.4 Å². The van der Waals surface area contributed by atoms with Crippen LogP contribution in [0.4, 0.5) is 0 Å². The van der Waals surface area contributed by atoms with Crippen molar-refractivity contribution in [1.82, 2.24) is 10.6 Å². The summed E-state index contributed by atoms with van der Waals surface area (Å²) < 4.78 is 13.5. The maximum absolute atomic E-state index is 16.1. The molecule has 5 saturated carbocycles. The Bertz CT molecular complexity index is 2830. The van der Waals surface area contributed by atoms with E-state index in [1.807, 2.05) is 24.3 Å². The summed E-state index contributed by atoms with van der Waals surface area (Å²) in [6, 6.07) is 12.0. The van der Waals surface area contributed by atoms with E-state index in [1.165, 1.54) is 39.5 Å². The van der Waals surface area contributed by atoms with Crippen molar-refractivity contribution in [2.24, 2.45) is 57.2 Å².